The highest BCUT2D eigenvalue weighted by atomic mass is 35.5. The van der Waals surface area contributed by atoms with Crippen LogP contribution in [-0.2, 0) is 23.2 Å². The largest absolute Gasteiger partial charge is 0.392 e. The van der Waals surface area contributed by atoms with E-state index in [1.54, 1.807) is 36.4 Å². The second-order valence-corrected chi connectivity index (χ2v) is 7.04. The molecule has 0 radical (unpaired) electrons. The molecule has 4 nitrogen and oxygen atoms in total. The molecule has 2 aromatic carbocycles. The van der Waals surface area contributed by atoms with Gasteiger partial charge in [-0.15, -0.1) is 0 Å². The SMILES string of the molecule is CN(Cc1ccccc1Cl)S(=O)(=O)c1ccccc1CO. The molecule has 0 amide bonds. The highest BCUT2D eigenvalue weighted by Gasteiger charge is 2.23. The quantitative estimate of drug-likeness (QED) is 0.919. The molecule has 0 spiro atoms. The van der Waals surface area contributed by atoms with Gasteiger partial charge in [-0.25, -0.2) is 8.42 Å². The first-order valence-electron chi connectivity index (χ1n) is 6.35. The van der Waals surface area contributed by atoms with E-state index in [-0.39, 0.29) is 18.0 Å². The standard InChI is InChI=1S/C15H16ClNO3S/c1-17(10-12-6-2-4-8-14(12)16)21(19,20)15-9-5-3-7-13(15)11-18/h2-9,18H,10-11H2,1H3. The lowest BCUT2D eigenvalue weighted by molar-refractivity contribution is 0.278. The minimum Gasteiger partial charge on any atom is -0.392 e. The van der Waals surface area contributed by atoms with Crippen molar-refractivity contribution in [3.63, 3.8) is 0 Å². The molecule has 0 aliphatic rings. The number of hydrogen-bond acceptors (Lipinski definition) is 3. The Morgan fingerprint density at radius 3 is 2.24 bits per heavy atom. The molecule has 0 saturated heterocycles. The van der Waals surface area contributed by atoms with Crippen molar-refractivity contribution < 1.29 is 13.5 Å². The van der Waals surface area contributed by atoms with E-state index in [9.17, 15) is 13.5 Å². The molecule has 0 bridgehead atoms. The lowest BCUT2D eigenvalue weighted by Gasteiger charge is -2.19. The summed E-state index contributed by atoms with van der Waals surface area (Å²) in [4.78, 5) is 0.113. The molecule has 112 valence electrons. The minimum atomic E-state index is -3.68. The van der Waals surface area contributed by atoms with Crippen molar-refractivity contribution >= 4 is 21.6 Å². The molecule has 0 aliphatic heterocycles. The van der Waals surface area contributed by atoms with Crippen LogP contribution in [0.3, 0.4) is 0 Å². The molecule has 0 saturated carbocycles. The summed E-state index contributed by atoms with van der Waals surface area (Å²) in [5.41, 5.74) is 1.11. The lowest BCUT2D eigenvalue weighted by atomic mass is 10.2. The van der Waals surface area contributed by atoms with Crippen LogP contribution in [0.4, 0.5) is 0 Å². The zero-order valence-electron chi connectivity index (χ0n) is 11.5. The van der Waals surface area contributed by atoms with Crippen LogP contribution >= 0.6 is 11.6 Å². The van der Waals surface area contributed by atoms with Crippen LogP contribution in [0.25, 0.3) is 0 Å². The minimum absolute atomic E-state index is 0.113. The van der Waals surface area contributed by atoms with Crippen LogP contribution < -0.4 is 0 Å². The van der Waals surface area contributed by atoms with Gasteiger partial charge in [0, 0.05) is 18.6 Å². The number of sulfonamides is 1. The van der Waals surface area contributed by atoms with Crippen LogP contribution in [0.2, 0.25) is 5.02 Å². The summed E-state index contributed by atoms with van der Waals surface area (Å²) >= 11 is 6.06. The smallest absolute Gasteiger partial charge is 0.243 e. The molecule has 0 fully saturated rings. The third-order valence-corrected chi connectivity index (χ3v) is 5.45. The predicted molar refractivity (Wildman–Crippen MR) is 82.5 cm³/mol. The monoisotopic (exact) mass is 325 g/mol. The third-order valence-electron chi connectivity index (χ3n) is 3.18. The summed E-state index contributed by atoms with van der Waals surface area (Å²) in [6.07, 6.45) is 0. The maximum Gasteiger partial charge on any atom is 0.243 e. The number of aliphatic hydroxyl groups excluding tert-OH is 1. The number of halogens is 1. The summed E-state index contributed by atoms with van der Waals surface area (Å²) in [5, 5.41) is 9.82. The van der Waals surface area contributed by atoms with Crippen molar-refractivity contribution in [2.24, 2.45) is 0 Å². The molecule has 2 aromatic rings. The number of benzene rings is 2. The Hall–Kier alpha value is -1.40. The fourth-order valence-electron chi connectivity index (χ4n) is 2.01. The van der Waals surface area contributed by atoms with E-state index in [0.717, 1.165) is 5.56 Å². The highest BCUT2D eigenvalue weighted by molar-refractivity contribution is 7.89. The molecule has 21 heavy (non-hydrogen) atoms. The Bertz CT molecular complexity index is 731. The predicted octanol–water partition coefficient (Wildman–Crippen LogP) is 2.65. The van der Waals surface area contributed by atoms with Crippen molar-refractivity contribution in [1.29, 1.82) is 0 Å². The summed E-state index contributed by atoms with van der Waals surface area (Å²) in [6.45, 7) is -0.156. The van der Waals surface area contributed by atoms with Gasteiger partial charge >= 0.3 is 0 Å². The van der Waals surface area contributed by atoms with E-state index in [4.69, 9.17) is 11.6 Å². The molecule has 0 aromatic heterocycles. The summed E-state index contributed by atoms with van der Waals surface area (Å²) in [6, 6.07) is 13.5. The molecule has 0 heterocycles. The maximum atomic E-state index is 12.6. The van der Waals surface area contributed by atoms with Gasteiger partial charge in [-0.05, 0) is 23.3 Å². The first kappa shape index (κ1) is 16.0. The van der Waals surface area contributed by atoms with E-state index in [2.05, 4.69) is 0 Å². The van der Waals surface area contributed by atoms with E-state index < -0.39 is 10.0 Å². The van der Waals surface area contributed by atoms with Gasteiger partial charge in [0.15, 0.2) is 0 Å². The van der Waals surface area contributed by atoms with Gasteiger partial charge in [-0.1, -0.05) is 48.0 Å². The third kappa shape index (κ3) is 3.44. The van der Waals surface area contributed by atoms with Crippen molar-refractivity contribution in [2.75, 3.05) is 7.05 Å². The molecule has 6 heteroatoms. The Kier molecular flexibility index (Phi) is 5.00. The zero-order chi connectivity index (χ0) is 15.5. The zero-order valence-corrected chi connectivity index (χ0v) is 13.1. The second kappa shape index (κ2) is 6.58. The Labute approximate surface area is 129 Å². The van der Waals surface area contributed by atoms with Crippen molar-refractivity contribution in [2.45, 2.75) is 18.0 Å². The molecule has 2 rings (SSSR count). The normalized spacial score (nSPS) is 11.8. The first-order valence-corrected chi connectivity index (χ1v) is 8.17. The molecule has 0 unspecified atom stereocenters. The molecule has 1 N–H and O–H groups in total. The molecule has 0 atom stereocenters. The summed E-state index contributed by atoms with van der Waals surface area (Å²) in [7, 11) is -2.19. The average Bonchev–Trinajstić information content (AvgIpc) is 2.49. The second-order valence-electron chi connectivity index (χ2n) is 4.62. The van der Waals surface area contributed by atoms with Crippen molar-refractivity contribution in [3.8, 4) is 0 Å². The average molecular weight is 326 g/mol. The molecular formula is C15H16ClNO3S. The Balaban J connectivity index is 2.33. The summed E-state index contributed by atoms with van der Waals surface area (Å²) in [5.74, 6) is 0. The fourth-order valence-corrected chi connectivity index (χ4v) is 3.56. The van der Waals surface area contributed by atoms with E-state index in [1.807, 2.05) is 6.07 Å². The van der Waals surface area contributed by atoms with Crippen molar-refractivity contribution in [1.82, 2.24) is 4.31 Å². The topological polar surface area (TPSA) is 57.6 Å². The molecule has 0 aliphatic carbocycles. The summed E-state index contributed by atoms with van der Waals surface area (Å²) < 4.78 is 26.4. The maximum absolute atomic E-state index is 12.6. The number of nitrogens with zero attached hydrogens (tertiary/aromatic N) is 1. The van der Waals surface area contributed by atoms with Gasteiger partial charge in [0.1, 0.15) is 0 Å². The van der Waals surface area contributed by atoms with Crippen LogP contribution in [0, 0.1) is 0 Å². The van der Waals surface area contributed by atoms with E-state index >= 15 is 0 Å². The lowest BCUT2D eigenvalue weighted by Crippen LogP contribution is -2.27. The van der Waals surface area contributed by atoms with Crippen LogP contribution in [0.1, 0.15) is 11.1 Å². The molecular weight excluding hydrogens is 310 g/mol. The van der Waals surface area contributed by atoms with Crippen LogP contribution in [-0.4, -0.2) is 24.9 Å². The van der Waals surface area contributed by atoms with E-state index in [0.29, 0.717) is 10.6 Å². The number of aliphatic hydroxyl groups is 1. The van der Waals surface area contributed by atoms with Gasteiger partial charge in [0.05, 0.1) is 11.5 Å². The highest BCUT2D eigenvalue weighted by Crippen LogP contribution is 2.23. The van der Waals surface area contributed by atoms with Gasteiger partial charge in [0.2, 0.25) is 10.0 Å². The van der Waals surface area contributed by atoms with Crippen LogP contribution in [0.15, 0.2) is 53.4 Å². The van der Waals surface area contributed by atoms with Crippen LogP contribution in [0.5, 0.6) is 0 Å². The fraction of sp³-hybridized carbons (Fsp3) is 0.200. The van der Waals surface area contributed by atoms with Gasteiger partial charge in [-0.2, -0.15) is 4.31 Å². The van der Waals surface area contributed by atoms with Crippen molar-refractivity contribution in [3.05, 3.63) is 64.7 Å². The van der Waals surface area contributed by atoms with Gasteiger partial charge < -0.3 is 5.11 Å². The first-order chi connectivity index (χ1) is 9.96. The Morgan fingerprint density at radius 1 is 1.05 bits per heavy atom. The Morgan fingerprint density at radius 2 is 1.62 bits per heavy atom. The van der Waals surface area contributed by atoms with E-state index in [1.165, 1.54) is 17.4 Å². The van der Waals surface area contributed by atoms with Gasteiger partial charge in [0.25, 0.3) is 0 Å². The number of rotatable bonds is 5. The number of hydrogen-bond donors (Lipinski definition) is 1. The van der Waals surface area contributed by atoms with Gasteiger partial charge in [-0.3, -0.25) is 0 Å².